The van der Waals surface area contributed by atoms with E-state index in [9.17, 15) is 37.5 Å². The van der Waals surface area contributed by atoms with Gasteiger partial charge in [0.25, 0.3) is 5.91 Å². The summed E-state index contributed by atoms with van der Waals surface area (Å²) in [6, 6.07) is 6.59. The van der Waals surface area contributed by atoms with Gasteiger partial charge in [-0.05, 0) is 56.5 Å². The van der Waals surface area contributed by atoms with Gasteiger partial charge in [-0.2, -0.15) is 0 Å². The number of carbonyl (C=O) groups is 4. The molecule has 3 N–H and O–H groups in total. The number of thioether (sulfide) groups is 1. The molecule has 0 spiro atoms. The molecule has 2 aromatic rings. The second-order valence-corrected chi connectivity index (χ2v) is 13.1. The van der Waals surface area contributed by atoms with Gasteiger partial charge in [0.2, 0.25) is 5.91 Å². The zero-order chi connectivity index (χ0) is 33.5. The monoisotopic (exact) mass is 653 g/mol. The van der Waals surface area contributed by atoms with E-state index in [2.05, 4.69) is 10.6 Å². The molecule has 0 unspecified atom stereocenters. The third-order valence-corrected chi connectivity index (χ3v) is 7.84. The van der Waals surface area contributed by atoms with Crippen molar-refractivity contribution in [2.45, 2.75) is 77.1 Å². The second kappa shape index (κ2) is 15.4. The van der Waals surface area contributed by atoms with Crippen LogP contribution in [0.3, 0.4) is 0 Å². The summed E-state index contributed by atoms with van der Waals surface area (Å²) in [7, 11) is 0. The number of alkyl carbamates (subject to hydrolysis) is 1. The second-order valence-electron chi connectivity index (χ2n) is 11.9. The predicted molar refractivity (Wildman–Crippen MR) is 161 cm³/mol. The fraction of sp³-hybridized carbons (Fsp3) is 0.484. The third kappa shape index (κ3) is 10.6. The molecular formula is C31H38F3N3O7S. The van der Waals surface area contributed by atoms with E-state index in [0.29, 0.717) is 29.2 Å². The number of benzene rings is 2. The van der Waals surface area contributed by atoms with Crippen LogP contribution in [0.4, 0.5) is 18.0 Å². The first-order valence-corrected chi connectivity index (χ1v) is 15.4. The Kier molecular flexibility index (Phi) is 12.1. The molecule has 3 amide bonds. The Morgan fingerprint density at radius 2 is 1.69 bits per heavy atom. The van der Waals surface area contributed by atoms with Crippen LogP contribution in [0, 0.1) is 23.4 Å². The highest BCUT2D eigenvalue weighted by molar-refractivity contribution is 8.00. The maximum Gasteiger partial charge on any atom is 0.407 e. The van der Waals surface area contributed by atoms with Crippen molar-refractivity contribution in [1.82, 2.24) is 15.5 Å². The van der Waals surface area contributed by atoms with Crippen molar-refractivity contribution in [2.75, 3.05) is 12.3 Å². The number of aliphatic carboxylic acids is 1. The molecule has 10 nitrogen and oxygen atoms in total. The maximum atomic E-state index is 14.4. The lowest BCUT2D eigenvalue weighted by molar-refractivity contribution is -0.147. The smallest absolute Gasteiger partial charge is 0.407 e. The van der Waals surface area contributed by atoms with Gasteiger partial charge >= 0.3 is 12.1 Å². The van der Waals surface area contributed by atoms with Crippen molar-refractivity contribution in [3.05, 3.63) is 65.0 Å². The molecule has 0 bridgehead atoms. The zero-order valence-corrected chi connectivity index (χ0v) is 26.5. The maximum absolute atomic E-state index is 14.4. The van der Waals surface area contributed by atoms with E-state index in [1.165, 1.54) is 16.7 Å². The van der Waals surface area contributed by atoms with Crippen LogP contribution < -0.4 is 15.4 Å². The number of amides is 3. The molecule has 1 heterocycles. The Morgan fingerprint density at radius 3 is 2.29 bits per heavy atom. The summed E-state index contributed by atoms with van der Waals surface area (Å²) in [6.45, 7) is 8.75. The lowest BCUT2D eigenvalue weighted by Crippen LogP contribution is -2.48. The fourth-order valence-electron chi connectivity index (χ4n) is 4.49. The van der Waals surface area contributed by atoms with Gasteiger partial charge in [-0.1, -0.05) is 26.0 Å². The molecule has 14 heteroatoms. The van der Waals surface area contributed by atoms with Crippen LogP contribution in [0.5, 0.6) is 5.75 Å². The first-order chi connectivity index (χ1) is 21.0. The predicted octanol–water partition coefficient (Wildman–Crippen LogP) is 4.64. The molecule has 0 saturated carbocycles. The number of carboxylic acid groups (broad SMARTS) is 1. The Morgan fingerprint density at radius 1 is 1.04 bits per heavy atom. The highest BCUT2D eigenvalue weighted by Gasteiger charge is 2.36. The Hall–Kier alpha value is -3.94. The van der Waals surface area contributed by atoms with E-state index in [0.717, 1.165) is 0 Å². The van der Waals surface area contributed by atoms with Gasteiger partial charge in [0.15, 0.2) is 23.1 Å². The summed E-state index contributed by atoms with van der Waals surface area (Å²) in [4.78, 5) is 51.7. The molecule has 246 valence electrons. The number of nitrogens with zero attached hydrogens (tertiary/aromatic N) is 1. The topological polar surface area (TPSA) is 134 Å². The van der Waals surface area contributed by atoms with Gasteiger partial charge < -0.3 is 30.1 Å². The summed E-state index contributed by atoms with van der Waals surface area (Å²) in [6.07, 6.45) is -2.59. The summed E-state index contributed by atoms with van der Waals surface area (Å²) in [5.74, 6) is -5.09. The number of hydrogen-bond acceptors (Lipinski definition) is 7. The van der Waals surface area contributed by atoms with Gasteiger partial charge in [-0.3, -0.25) is 9.59 Å². The van der Waals surface area contributed by atoms with Gasteiger partial charge in [0, 0.05) is 43.3 Å². The van der Waals surface area contributed by atoms with Gasteiger partial charge in [-0.25, -0.2) is 22.8 Å². The van der Waals surface area contributed by atoms with Crippen molar-refractivity contribution in [3.8, 4) is 5.75 Å². The molecule has 0 aromatic heterocycles. The molecule has 2 aromatic carbocycles. The van der Waals surface area contributed by atoms with Crippen LogP contribution >= 0.6 is 11.8 Å². The molecule has 0 aliphatic carbocycles. The van der Waals surface area contributed by atoms with Crippen LogP contribution in [0.1, 0.15) is 52.2 Å². The Labute approximate surface area is 264 Å². The molecular weight excluding hydrogens is 615 g/mol. The molecule has 1 fully saturated rings. The summed E-state index contributed by atoms with van der Waals surface area (Å²) >= 11 is 1.25. The number of hydrogen-bond donors (Lipinski definition) is 3. The number of carboxylic acids is 1. The molecule has 3 rings (SSSR count). The van der Waals surface area contributed by atoms with Gasteiger partial charge in [0.05, 0.1) is 0 Å². The Bertz CT molecular complexity index is 1390. The van der Waals surface area contributed by atoms with Crippen molar-refractivity contribution in [2.24, 2.45) is 5.92 Å². The normalized spacial score (nSPS) is 16.2. The standard InChI is InChI=1S/C31H38F3N3O7S/c1-17(2)26(29(40)41)43-21-8-6-18(7-9-21)16-35-27(39)28-37(10-11-45-28)25(38)14-20(36-30(42)44-31(3,4)5)12-19-13-23(33)24(34)15-22(19)32/h6-9,13,15,17,20,26,28H,10-12,14,16H2,1-5H3,(H,35,39)(H,36,42)(H,40,41)/t20-,26+,28-/m1/s1. The number of ether oxygens (including phenoxy) is 2. The van der Waals surface area contributed by atoms with Crippen molar-refractivity contribution >= 4 is 35.6 Å². The lowest BCUT2D eigenvalue weighted by Gasteiger charge is -2.27. The zero-order valence-electron chi connectivity index (χ0n) is 25.7. The lowest BCUT2D eigenvalue weighted by atomic mass is 10.0. The Balaban J connectivity index is 1.65. The van der Waals surface area contributed by atoms with Crippen molar-refractivity contribution in [1.29, 1.82) is 0 Å². The molecule has 1 aliphatic heterocycles. The van der Waals surface area contributed by atoms with E-state index in [-0.39, 0.29) is 37.4 Å². The minimum absolute atomic E-state index is 0.128. The van der Waals surface area contributed by atoms with Crippen molar-refractivity contribution in [3.63, 3.8) is 0 Å². The number of nitrogens with one attached hydrogen (secondary N) is 2. The minimum Gasteiger partial charge on any atom is -0.478 e. The van der Waals surface area contributed by atoms with E-state index in [4.69, 9.17) is 9.47 Å². The summed E-state index contributed by atoms with van der Waals surface area (Å²) < 4.78 is 52.6. The average Bonchev–Trinajstić information content (AvgIpc) is 3.43. The largest absolute Gasteiger partial charge is 0.478 e. The molecule has 0 radical (unpaired) electrons. The van der Waals surface area contributed by atoms with E-state index in [1.54, 1.807) is 58.9 Å². The van der Waals surface area contributed by atoms with Crippen LogP contribution in [-0.2, 0) is 32.1 Å². The van der Waals surface area contributed by atoms with Gasteiger partial charge in [-0.15, -0.1) is 11.8 Å². The van der Waals surface area contributed by atoms with E-state index >= 15 is 0 Å². The van der Waals surface area contributed by atoms with E-state index in [1.807, 2.05) is 0 Å². The SMILES string of the molecule is CC(C)[C@H](Oc1ccc(CNC(=O)[C@H]2SCCN2C(=O)C[C@@H](Cc2cc(F)c(F)cc2F)NC(=O)OC(C)(C)C)cc1)C(=O)O. The molecule has 1 saturated heterocycles. The molecule has 45 heavy (non-hydrogen) atoms. The van der Waals surface area contributed by atoms with Crippen LogP contribution in [0.2, 0.25) is 0 Å². The van der Waals surface area contributed by atoms with Crippen LogP contribution in [0.25, 0.3) is 0 Å². The fourth-order valence-corrected chi connectivity index (χ4v) is 5.65. The van der Waals surface area contributed by atoms with E-state index < -0.39 is 64.4 Å². The first kappa shape index (κ1) is 35.5. The summed E-state index contributed by atoms with van der Waals surface area (Å²) in [5.41, 5.74) is -0.404. The quantitative estimate of drug-likeness (QED) is 0.283. The number of carbonyl (C=O) groups excluding carboxylic acids is 3. The number of halogens is 3. The average molecular weight is 654 g/mol. The minimum atomic E-state index is -1.37. The molecule has 1 aliphatic rings. The van der Waals surface area contributed by atoms with Gasteiger partial charge in [0.1, 0.15) is 17.2 Å². The molecule has 3 atom stereocenters. The third-order valence-electron chi connectivity index (χ3n) is 6.64. The first-order valence-electron chi connectivity index (χ1n) is 14.3. The highest BCUT2D eigenvalue weighted by atomic mass is 32.2. The summed E-state index contributed by atoms with van der Waals surface area (Å²) in [5, 5.41) is 13.8. The van der Waals surface area contributed by atoms with Crippen LogP contribution in [0.15, 0.2) is 36.4 Å². The van der Waals surface area contributed by atoms with Crippen molar-refractivity contribution < 1.29 is 46.9 Å². The van der Waals surface area contributed by atoms with Crippen LogP contribution in [-0.4, -0.2) is 69.3 Å². The highest BCUT2D eigenvalue weighted by Crippen LogP contribution is 2.26. The number of rotatable bonds is 12.